The molecule has 1 heterocycles. The molecule has 1 aromatic carbocycles. The van der Waals surface area contributed by atoms with Crippen LogP contribution in [0.15, 0.2) is 41.5 Å². The maximum atomic E-state index is 12.4. The first kappa shape index (κ1) is 13.4. The van der Waals surface area contributed by atoms with Crippen molar-refractivity contribution in [3.8, 4) is 0 Å². The first-order valence-corrected chi connectivity index (χ1v) is 5.53. The Morgan fingerprint density at radius 3 is 2.37 bits per heavy atom. The Bertz CT molecular complexity index is 519. The molecule has 1 atom stereocenters. The summed E-state index contributed by atoms with van der Waals surface area (Å²) in [6.45, 7) is 0. The molecule has 0 saturated carbocycles. The Morgan fingerprint density at radius 2 is 1.84 bits per heavy atom. The maximum Gasteiger partial charge on any atom is 0.416 e. The summed E-state index contributed by atoms with van der Waals surface area (Å²) >= 11 is 0. The summed E-state index contributed by atoms with van der Waals surface area (Å²) in [5, 5.41) is 2.83. The van der Waals surface area contributed by atoms with Gasteiger partial charge in [0.05, 0.1) is 5.56 Å². The van der Waals surface area contributed by atoms with Crippen LogP contribution in [0.25, 0.3) is 0 Å². The van der Waals surface area contributed by atoms with E-state index in [1.54, 1.807) is 12.3 Å². The summed E-state index contributed by atoms with van der Waals surface area (Å²) in [6.07, 6.45) is -0.992. The van der Waals surface area contributed by atoms with Gasteiger partial charge in [0.25, 0.3) is 0 Å². The van der Waals surface area contributed by atoms with E-state index in [9.17, 15) is 13.2 Å². The lowest BCUT2D eigenvalue weighted by Crippen LogP contribution is -2.54. The number of rotatable bonds is 2. The maximum absolute atomic E-state index is 12.4. The number of nitrogens with two attached hydrogens (primary N) is 2. The van der Waals surface area contributed by atoms with Gasteiger partial charge in [-0.3, -0.25) is 5.73 Å². The number of hydrogen-bond acceptors (Lipinski definition) is 4. The molecule has 19 heavy (non-hydrogen) atoms. The Balaban J connectivity index is 2.14. The molecule has 0 aliphatic carbocycles. The predicted octanol–water partition coefficient (Wildman–Crippen LogP) is 1.33. The van der Waals surface area contributed by atoms with Crippen LogP contribution in [-0.2, 0) is 12.6 Å². The van der Waals surface area contributed by atoms with Gasteiger partial charge in [-0.1, -0.05) is 12.1 Å². The molecule has 1 unspecified atom stereocenters. The Labute approximate surface area is 108 Å². The lowest BCUT2D eigenvalue weighted by Gasteiger charge is -2.28. The molecule has 0 fully saturated rings. The molecule has 1 aliphatic heterocycles. The number of halogens is 3. The van der Waals surface area contributed by atoms with Gasteiger partial charge in [-0.15, -0.1) is 0 Å². The Hall–Kier alpha value is -2.02. The molecular formula is C12H13F3N4. The molecule has 0 amide bonds. The zero-order chi connectivity index (χ0) is 14.1. The molecule has 0 aromatic heterocycles. The molecule has 0 bridgehead atoms. The third kappa shape index (κ3) is 3.25. The zero-order valence-corrected chi connectivity index (χ0v) is 9.91. The van der Waals surface area contributed by atoms with Gasteiger partial charge < -0.3 is 11.1 Å². The minimum atomic E-state index is -4.34. The lowest BCUT2D eigenvalue weighted by atomic mass is 10.0. The minimum Gasteiger partial charge on any atom is -0.384 e. The molecule has 102 valence electrons. The number of aliphatic imine (C=N–C) groups is 1. The summed E-state index contributed by atoms with van der Waals surface area (Å²) < 4.78 is 37.3. The molecule has 1 aromatic rings. The van der Waals surface area contributed by atoms with E-state index in [0.29, 0.717) is 5.56 Å². The second-order valence-electron chi connectivity index (χ2n) is 4.31. The van der Waals surface area contributed by atoms with Crippen LogP contribution >= 0.6 is 0 Å². The van der Waals surface area contributed by atoms with Gasteiger partial charge in [-0.25, -0.2) is 4.99 Å². The topological polar surface area (TPSA) is 76.4 Å². The smallest absolute Gasteiger partial charge is 0.384 e. The highest BCUT2D eigenvalue weighted by molar-refractivity contribution is 5.92. The molecule has 4 nitrogen and oxygen atoms in total. The molecule has 5 N–H and O–H groups in total. The highest BCUT2D eigenvalue weighted by Crippen LogP contribution is 2.29. The second kappa shape index (κ2) is 4.58. The van der Waals surface area contributed by atoms with Crippen LogP contribution in [0.2, 0.25) is 0 Å². The van der Waals surface area contributed by atoms with Crippen molar-refractivity contribution in [2.45, 2.75) is 18.4 Å². The van der Waals surface area contributed by atoms with Crippen molar-refractivity contribution in [3.05, 3.63) is 47.7 Å². The SMILES string of the molecule is NC1=NC(N)(Cc2ccc(C(F)(F)F)cc2)NC=C1. The van der Waals surface area contributed by atoms with Gasteiger partial charge in [0.2, 0.25) is 0 Å². The lowest BCUT2D eigenvalue weighted by molar-refractivity contribution is -0.137. The molecule has 0 saturated heterocycles. The average Bonchev–Trinajstić information content (AvgIpc) is 2.27. The highest BCUT2D eigenvalue weighted by atomic mass is 19.4. The van der Waals surface area contributed by atoms with Crippen molar-refractivity contribution < 1.29 is 13.2 Å². The van der Waals surface area contributed by atoms with E-state index in [1.165, 1.54) is 12.1 Å². The first-order valence-electron chi connectivity index (χ1n) is 5.53. The number of nitrogens with zero attached hydrogens (tertiary/aromatic N) is 1. The molecule has 0 spiro atoms. The van der Waals surface area contributed by atoms with E-state index in [1.807, 2.05) is 0 Å². The molecule has 0 radical (unpaired) electrons. The first-order chi connectivity index (χ1) is 8.78. The normalized spacial score (nSPS) is 22.8. The zero-order valence-electron chi connectivity index (χ0n) is 9.91. The van der Waals surface area contributed by atoms with Crippen LogP contribution in [0.4, 0.5) is 13.2 Å². The number of alkyl halides is 3. The average molecular weight is 270 g/mol. The third-order valence-electron chi connectivity index (χ3n) is 2.67. The largest absolute Gasteiger partial charge is 0.416 e. The fourth-order valence-corrected chi connectivity index (χ4v) is 1.78. The van der Waals surface area contributed by atoms with Gasteiger partial charge in [-0.05, 0) is 23.8 Å². The fraction of sp³-hybridized carbons (Fsp3) is 0.250. The molecule has 2 rings (SSSR count). The van der Waals surface area contributed by atoms with E-state index in [-0.39, 0.29) is 12.3 Å². The summed E-state index contributed by atoms with van der Waals surface area (Å²) in [5.74, 6) is -0.855. The van der Waals surface area contributed by atoms with Gasteiger partial charge in [0, 0.05) is 12.6 Å². The number of amidine groups is 1. The van der Waals surface area contributed by atoms with E-state index >= 15 is 0 Å². The van der Waals surface area contributed by atoms with Crippen LogP contribution in [0, 0.1) is 0 Å². The van der Waals surface area contributed by atoms with E-state index in [2.05, 4.69) is 10.3 Å². The van der Waals surface area contributed by atoms with Crippen LogP contribution in [0.3, 0.4) is 0 Å². The number of nitrogens with one attached hydrogen (secondary N) is 1. The van der Waals surface area contributed by atoms with E-state index in [0.717, 1.165) is 12.1 Å². The van der Waals surface area contributed by atoms with Crippen molar-refractivity contribution in [2.24, 2.45) is 16.5 Å². The van der Waals surface area contributed by atoms with Gasteiger partial charge in [-0.2, -0.15) is 13.2 Å². The van der Waals surface area contributed by atoms with Crippen LogP contribution in [0.1, 0.15) is 11.1 Å². The minimum absolute atomic E-state index is 0.232. The van der Waals surface area contributed by atoms with Crippen molar-refractivity contribution >= 4 is 5.84 Å². The summed E-state index contributed by atoms with van der Waals surface area (Å²) in [5.41, 5.74) is 11.4. The Morgan fingerprint density at radius 1 is 1.21 bits per heavy atom. The molecule has 1 aliphatic rings. The third-order valence-corrected chi connectivity index (χ3v) is 2.67. The standard InChI is InChI=1S/C12H13F3N4/c13-12(14,15)9-3-1-8(2-4-9)7-11(17)18-6-5-10(16)19-11/h1-6,18H,7,17H2,(H2,16,19). The Kier molecular flexibility index (Phi) is 3.23. The summed E-state index contributed by atoms with van der Waals surface area (Å²) in [7, 11) is 0. The predicted molar refractivity (Wildman–Crippen MR) is 66.0 cm³/mol. The summed E-state index contributed by atoms with van der Waals surface area (Å²) in [4.78, 5) is 4.03. The van der Waals surface area contributed by atoms with Crippen molar-refractivity contribution in [1.82, 2.24) is 5.32 Å². The van der Waals surface area contributed by atoms with Crippen LogP contribution < -0.4 is 16.8 Å². The van der Waals surface area contributed by atoms with Crippen molar-refractivity contribution in [1.29, 1.82) is 0 Å². The second-order valence-corrected chi connectivity index (χ2v) is 4.31. The summed E-state index contributed by atoms with van der Waals surface area (Å²) in [6, 6.07) is 4.79. The number of hydrogen-bond donors (Lipinski definition) is 3. The van der Waals surface area contributed by atoms with Crippen molar-refractivity contribution in [3.63, 3.8) is 0 Å². The molecular weight excluding hydrogens is 257 g/mol. The van der Waals surface area contributed by atoms with Crippen molar-refractivity contribution in [2.75, 3.05) is 0 Å². The van der Waals surface area contributed by atoms with Crippen LogP contribution in [0.5, 0.6) is 0 Å². The van der Waals surface area contributed by atoms with Gasteiger partial charge in [0.15, 0.2) is 5.79 Å². The molecule has 7 heteroatoms. The monoisotopic (exact) mass is 270 g/mol. The quantitative estimate of drug-likeness (QED) is 0.759. The van der Waals surface area contributed by atoms with Crippen LogP contribution in [-0.4, -0.2) is 11.6 Å². The fourth-order valence-electron chi connectivity index (χ4n) is 1.78. The number of benzene rings is 1. The van der Waals surface area contributed by atoms with Gasteiger partial charge in [0.1, 0.15) is 5.84 Å². The van der Waals surface area contributed by atoms with E-state index < -0.39 is 17.5 Å². The van der Waals surface area contributed by atoms with Gasteiger partial charge >= 0.3 is 6.18 Å². The van der Waals surface area contributed by atoms with E-state index in [4.69, 9.17) is 11.5 Å². The highest BCUT2D eigenvalue weighted by Gasteiger charge is 2.30.